The minimum absolute atomic E-state index is 0.0534. The van der Waals surface area contributed by atoms with E-state index in [9.17, 15) is 13.2 Å². The van der Waals surface area contributed by atoms with Crippen molar-refractivity contribution < 1.29 is 13.2 Å². The van der Waals surface area contributed by atoms with E-state index in [1.807, 2.05) is 0 Å². The van der Waals surface area contributed by atoms with Crippen LogP contribution < -0.4 is 0 Å². The Kier molecular flexibility index (Phi) is 5.53. The summed E-state index contributed by atoms with van der Waals surface area (Å²) in [4.78, 5) is 15.5. The molecular formula is C22H32N2O3S. The second-order valence-electron chi connectivity index (χ2n) is 9.02. The summed E-state index contributed by atoms with van der Waals surface area (Å²) in [5.41, 5.74) is 0.601. The number of nitrogens with zero attached hydrogens (tertiary/aromatic N) is 2. The van der Waals surface area contributed by atoms with Gasteiger partial charge in [0.25, 0.3) is 5.91 Å². The average Bonchev–Trinajstić information content (AvgIpc) is 3.03. The molecule has 3 aliphatic rings. The van der Waals surface area contributed by atoms with Gasteiger partial charge in [0.05, 0.1) is 4.90 Å². The van der Waals surface area contributed by atoms with Crippen LogP contribution >= 0.6 is 0 Å². The molecule has 2 heterocycles. The van der Waals surface area contributed by atoms with Gasteiger partial charge in [-0.05, 0) is 75.1 Å². The first-order chi connectivity index (χ1) is 13.4. The maximum Gasteiger partial charge on any atom is 0.254 e. The monoisotopic (exact) mass is 404 g/mol. The van der Waals surface area contributed by atoms with Crippen LogP contribution in [0.3, 0.4) is 0 Å². The van der Waals surface area contributed by atoms with Gasteiger partial charge in [-0.3, -0.25) is 4.79 Å². The Hall–Kier alpha value is -1.40. The molecule has 1 aromatic rings. The number of benzene rings is 1. The van der Waals surface area contributed by atoms with Gasteiger partial charge in [-0.25, -0.2) is 8.42 Å². The molecule has 154 valence electrons. The summed E-state index contributed by atoms with van der Waals surface area (Å²) in [6, 6.07) is 7.24. The van der Waals surface area contributed by atoms with Gasteiger partial charge in [0, 0.05) is 30.7 Å². The molecular weight excluding hydrogens is 372 g/mol. The Balaban J connectivity index is 1.50. The van der Waals surface area contributed by atoms with Gasteiger partial charge < -0.3 is 4.90 Å². The summed E-state index contributed by atoms with van der Waals surface area (Å²) in [5, 5.41) is 0. The van der Waals surface area contributed by atoms with Crippen LogP contribution in [0.25, 0.3) is 0 Å². The van der Waals surface area contributed by atoms with E-state index in [2.05, 4.69) is 18.7 Å². The number of hydrogen-bond donors (Lipinski definition) is 0. The van der Waals surface area contributed by atoms with E-state index in [1.54, 1.807) is 28.6 Å². The lowest BCUT2D eigenvalue weighted by Crippen LogP contribution is -2.42. The molecule has 4 rings (SSSR count). The third-order valence-corrected chi connectivity index (χ3v) is 8.97. The lowest BCUT2D eigenvalue weighted by Gasteiger charge is -2.33. The normalized spacial score (nSPS) is 29.6. The maximum absolute atomic E-state index is 13.2. The topological polar surface area (TPSA) is 57.7 Å². The minimum atomic E-state index is -3.47. The summed E-state index contributed by atoms with van der Waals surface area (Å²) in [7, 11) is -3.47. The zero-order valence-corrected chi connectivity index (χ0v) is 17.8. The van der Waals surface area contributed by atoms with Gasteiger partial charge in [-0.2, -0.15) is 4.31 Å². The van der Waals surface area contributed by atoms with E-state index >= 15 is 0 Å². The van der Waals surface area contributed by atoms with E-state index in [4.69, 9.17) is 0 Å². The number of sulfonamides is 1. The fourth-order valence-electron chi connectivity index (χ4n) is 5.35. The molecule has 1 amide bonds. The number of likely N-dealkylation sites (tertiary alicyclic amines) is 1. The van der Waals surface area contributed by atoms with Crippen LogP contribution in [0.4, 0.5) is 0 Å². The summed E-state index contributed by atoms with van der Waals surface area (Å²) in [6.07, 6.45) is 7.71. The fourth-order valence-corrected chi connectivity index (χ4v) is 6.82. The lowest BCUT2D eigenvalue weighted by atomic mass is 9.85. The van der Waals surface area contributed by atoms with Crippen molar-refractivity contribution in [3.63, 3.8) is 0 Å². The summed E-state index contributed by atoms with van der Waals surface area (Å²) in [5.74, 6) is 1.27. The first kappa shape index (κ1) is 19.9. The van der Waals surface area contributed by atoms with Crippen LogP contribution in [0.1, 0.15) is 69.2 Å². The molecule has 0 N–H and O–H groups in total. The van der Waals surface area contributed by atoms with Gasteiger partial charge in [-0.15, -0.1) is 0 Å². The van der Waals surface area contributed by atoms with E-state index in [-0.39, 0.29) is 11.9 Å². The number of amides is 1. The average molecular weight is 405 g/mol. The van der Waals surface area contributed by atoms with Crippen molar-refractivity contribution in [2.24, 2.45) is 11.8 Å². The Labute approximate surface area is 169 Å². The second kappa shape index (κ2) is 7.79. The quantitative estimate of drug-likeness (QED) is 0.768. The van der Waals surface area contributed by atoms with Gasteiger partial charge >= 0.3 is 0 Å². The highest BCUT2D eigenvalue weighted by atomic mass is 32.2. The lowest BCUT2D eigenvalue weighted by molar-refractivity contribution is 0.0633. The first-order valence-electron chi connectivity index (χ1n) is 10.8. The highest BCUT2D eigenvalue weighted by Gasteiger charge is 2.42. The number of piperidine rings is 1. The molecule has 28 heavy (non-hydrogen) atoms. The van der Waals surface area contributed by atoms with Crippen molar-refractivity contribution in [2.45, 2.75) is 75.8 Å². The van der Waals surface area contributed by atoms with Crippen molar-refractivity contribution in [3.8, 4) is 0 Å². The van der Waals surface area contributed by atoms with Crippen molar-refractivity contribution in [1.82, 2.24) is 9.21 Å². The SMILES string of the molecule is CC1CCN(S(=O)(=O)c2ccc(C(=O)N3C(C)CC4CCCCC43)cc2)CC1. The maximum atomic E-state index is 13.2. The molecule has 2 saturated heterocycles. The molecule has 2 aliphatic heterocycles. The van der Waals surface area contributed by atoms with Crippen molar-refractivity contribution in [1.29, 1.82) is 0 Å². The molecule has 3 atom stereocenters. The van der Waals surface area contributed by atoms with E-state index in [0.29, 0.717) is 41.4 Å². The predicted octanol–water partition coefficient (Wildman–Crippen LogP) is 3.90. The van der Waals surface area contributed by atoms with Gasteiger partial charge in [0.1, 0.15) is 0 Å². The molecule has 0 radical (unpaired) electrons. The zero-order chi connectivity index (χ0) is 19.9. The Morgan fingerprint density at radius 3 is 2.29 bits per heavy atom. The van der Waals surface area contributed by atoms with Crippen molar-refractivity contribution in [3.05, 3.63) is 29.8 Å². The molecule has 1 aromatic carbocycles. The number of hydrogen-bond acceptors (Lipinski definition) is 3. The van der Waals surface area contributed by atoms with E-state index < -0.39 is 10.0 Å². The molecule has 3 fully saturated rings. The smallest absolute Gasteiger partial charge is 0.254 e. The summed E-state index contributed by atoms with van der Waals surface area (Å²) in [6.45, 7) is 5.48. The zero-order valence-electron chi connectivity index (χ0n) is 17.0. The molecule has 5 nitrogen and oxygen atoms in total. The second-order valence-corrected chi connectivity index (χ2v) is 11.0. The van der Waals surface area contributed by atoms with Crippen LogP contribution in [0.5, 0.6) is 0 Å². The van der Waals surface area contributed by atoms with Crippen LogP contribution in [0.15, 0.2) is 29.2 Å². The van der Waals surface area contributed by atoms with E-state index in [0.717, 1.165) is 25.7 Å². The van der Waals surface area contributed by atoms with Gasteiger partial charge in [-0.1, -0.05) is 19.8 Å². The molecule has 1 aliphatic carbocycles. The first-order valence-corrected chi connectivity index (χ1v) is 12.2. The summed E-state index contributed by atoms with van der Waals surface area (Å²) < 4.78 is 27.4. The molecule has 0 bridgehead atoms. The molecule has 3 unspecified atom stereocenters. The highest BCUT2D eigenvalue weighted by Crippen LogP contribution is 2.40. The Morgan fingerprint density at radius 2 is 1.61 bits per heavy atom. The molecule has 6 heteroatoms. The largest absolute Gasteiger partial charge is 0.333 e. The van der Waals surface area contributed by atoms with Crippen LogP contribution in [0, 0.1) is 11.8 Å². The van der Waals surface area contributed by atoms with Crippen LogP contribution in [-0.4, -0.2) is 48.7 Å². The Morgan fingerprint density at radius 1 is 0.964 bits per heavy atom. The van der Waals surface area contributed by atoms with Gasteiger partial charge in [0.15, 0.2) is 0 Å². The van der Waals surface area contributed by atoms with Crippen LogP contribution in [-0.2, 0) is 10.0 Å². The van der Waals surface area contributed by atoms with Crippen molar-refractivity contribution in [2.75, 3.05) is 13.1 Å². The molecule has 0 spiro atoms. The van der Waals surface area contributed by atoms with E-state index in [1.165, 1.54) is 19.3 Å². The fraction of sp³-hybridized carbons (Fsp3) is 0.682. The predicted molar refractivity (Wildman–Crippen MR) is 110 cm³/mol. The van der Waals surface area contributed by atoms with Gasteiger partial charge in [0.2, 0.25) is 10.0 Å². The number of carbonyl (C=O) groups is 1. The number of fused-ring (bicyclic) bond motifs is 1. The standard InChI is InChI=1S/C22H32N2O3S/c1-16-11-13-23(14-12-16)28(26,27)20-9-7-18(8-10-20)22(25)24-17(2)15-19-5-3-4-6-21(19)24/h7-10,16-17,19,21H,3-6,11-15H2,1-2H3. The molecule has 1 saturated carbocycles. The minimum Gasteiger partial charge on any atom is -0.333 e. The number of rotatable bonds is 3. The third kappa shape index (κ3) is 3.61. The van der Waals surface area contributed by atoms with Crippen LogP contribution in [0.2, 0.25) is 0 Å². The molecule has 0 aromatic heterocycles. The third-order valence-electron chi connectivity index (χ3n) is 7.06. The van der Waals surface area contributed by atoms with Crippen molar-refractivity contribution >= 4 is 15.9 Å². The Bertz CT molecular complexity index is 813. The number of carbonyl (C=O) groups excluding carboxylic acids is 1. The highest BCUT2D eigenvalue weighted by molar-refractivity contribution is 7.89. The summed E-state index contributed by atoms with van der Waals surface area (Å²) >= 11 is 0.